The minimum absolute atomic E-state index is 0.0701. The molecule has 0 aliphatic carbocycles. The molecular weight excluding hydrogens is 336 g/mol. The lowest BCUT2D eigenvalue weighted by atomic mass is 10.3. The van der Waals surface area contributed by atoms with Crippen molar-refractivity contribution in [2.75, 3.05) is 23.7 Å². The first-order chi connectivity index (χ1) is 12.2. The van der Waals surface area contributed by atoms with Crippen molar-refractivity contribution in [2.24, 2.45) is 0 Å². The van der Waals surface area contributed by atoms with Gasteiger partial charge in [0.1, 0.15) is 11.6 Å². The minimum Gasteiger partial charge on any atom is -0.367 e. The summed E-state index contributed by atoms with van der Waals surface area (Å²) >= 11 is 1.50. The lowest BCUT2D eigenvalue weighted by Crippen LogP contribution is -2.28. The van der Waals surface area contributed by atoms with Crippen LogP contribution in [0.3, 0.4) is 0 Å². The lowest BCUT2D eigenvalue weighted by Gasteiger charge is -2.08. The number of nitrogens with zero attached hydrogens (tertiary/aromatic N) is 3. The molecule has 3 aromatic heterocycles. The Morgan fingerprint density at radius 1 is 1.08 bits per heavy atom. The summed E-state index contributed by atoms with van der Waals surface area (Å²) in [4.78, 5) is 16.0. The Morgan fingerprint density at radius 2 is 1.92 bits per heavy atom. The van der Waals surface area contributed by atoms with Crippen molar-refractivity contribution in [1.29, 1.82) is 0 Å². The zero-order chi connectivity index (χ0) is 17.5. The molecule has 0 spiro atoms. The summed E-state index contributed by atoms with van der Waals surface area (Å²) in [6, 6.07) is 9.31. The molecule has 3 heterocycles. The molecule has 0 saturated carbocycles. The van der Waals surface area contributed by atoms with Crippen LogP contribution in [0.5, 0.6) is 0 Å². The van der Waals surface area contributed by atoms with Gasteiger partial charge in [0.2, 0.25) is 0 Å². The van der Waals surface area contributed by atoms with Crippen molar-refractivity contribution in [3.05, 3.63) is 58.4 Å². The van der Waals surface area contributed by atoms with E-state index in [1.54, 1.807) is 12.3 Å². The Balaban J connectivity index is 1.44. The molecule has 3 aromatic rings. The van der Waals surface area contributed by atoms with Gasteiger partial charge in [0.15, 0.2) is 5.82 Å². The SMILES string of the molecule is Cc1ccnc(Nc2ccc(NCCNC(=O)c3ccsc3)nn2)c1. The third-order valence-electron chi connectivity index (χ3n) is 3.34. The number of thiophene rings is 1. The van der Waals surface area contributed by atoms with Crippen molar-refractivity contribution in [1.82, 2.24) is 20.5 Å². The van der Waals surface area contributed by atoms with Crippen LogP contribution >= 0.6 is 11.3 Å². The molecule has 25 heavy (non-hydrogen) atoms. The van der Waals surface area contributed by atoms with Gasteiger partial charge in [-0.05, 0) is 48.2 Å². The number of hydrogen-bond acceptors (Lipinski definition) is 7. The zero-order valence-electron chi connectivity index (χ0n) is 13.7. The zero-order valence-corrected chi connectivity index (χ0v) is 14.5. The first kappa shape index (κ1) is 16.8. The molecule has 0 unspecified atom stereocenters. The number of carbonyl (C=O) groups excluding carboxylic acids is 1. The van der Waals surface area contributed by atoms with Crippen molar-refractivity contribution < 1.29 is 4.79 Å². The molecule has 0 aliphatic rings. The number of hydrogen-bond donors (Lipinski definition) is 3. The third-order valence-corrected chi connectivity index (χ3v) is 4.02. The molecule has 0 bridgehead atoms. The van der Waals surface area contributed by atoms with E-state index in [9.17, 15) is 4.79 Å². The molecule has 3 N–H and O–H groups in total. The third kappa shape index (κ3) is 4.98. The maximum atomic E-state index is 11.8. The maximum absolute atomic E-state index is 11.8. The summed E-state index contributed by atoms with van der Waals surface area (Å²) < 4.78 is 0. The molecule has 0 fully saturated rings. The van der Waals surface area contributed by atoms with E-state index >= 15 is 0 Å². The van der Waals surface area contributed by atoms with Gasteiger partial charge in [0.25, 0.3) is 5.91 Å². The molecule has 0 aromatic carbocycles. The quantitative estimate of drug-likeness (QED) is 0.565. The molecule has 0 saturated heterocycles. The van der Waals surface area contributed by atoms with Crippen LogP contribution in [-0.2, 0) is 0 Å². The monoisotopic (exact) mass is 354 g/mol. The molecule has 8 heteroatoms. The first-order valence-electron chi connectivity index (χ1n) is 7.78. The van der Waals surface area contributed by atoms with Gasteiger partial charge in [0.05, 0.1) is 0 Å². The predicted molar refractivity (Wildman–Crippen MR) is 99.4 cm³/mol. The van der Waals surface area contributed by atoms with Gasteiger partial charge in [-0.1, -0.05) is 0 Å². The Kier molecular flexibility index (Phi) is 5.53. The Morgan fingerprint density at radius 3 is 2.64 bits per heavy atom. The number of nitrogens with one attached hydrogen (secondary N) is 3. The topological polar surface area (TPSA) is 91.8 Å². The van der Waals surface area contributed by atoms with Gasteiger partial charge in [-0.25, -0.2) is 4.98 Å². The minimum atomic E-state index is -0.0701. The van der Waals surface area contributed by atoms with Crippen molar-refractivity contribution in [2.45, 2.75) is 6.92 Å². The standard InChI is InChI=1S/C17H18N6OS/c1-12-4-6-18-16(10-12)21-15-3-2-14(22-23-15)19-7-8-20-17(24)13-5-9-25-11-13/h2-6,9-11H,7-8H2,1H3,(H,19,22)(H,20,24)(H,18,21,23). The average Bonchev–Trinajstić information content (AvgIpc) is 3.15. The van der Waals surface area contributed by atoms with Crippen LogP contribution in [0.1, 0.15) is 15.9 Å². The number of pyridine rings is 1. The van der Waals surface area contributed by atoms with E-state index < -0.39 is 0 Å². The van der Waals surface area contributed by atoms with Crippen molar-refractivity contribution >= 4 is 34.7 Å². The number of amides is 1. The van der Waals surface area contributed by atoms with E-state index in [0.717, 1.165) is 11.4 Å². The first-order valence-corrected chi connectivity index (χ1v) is 8.73. The van der Waals surface area contributed by atoms with Gasteiger partial charge < -0.3 is 16.0 Å². The van der Waals surface area contributed by atoms with Crippen LogP contribution in [0.2, 0.25) is 0 Å². The Hall–Kier alpha value is -3.00. The van der Waals surface area contributed by atoms with Crippen LogP contribution in [0.25, 0.3) is 0 Å². The number of rotatable bonds is 7. The van der Waals surface area contributed by atoms with Crippen molar-refractivity contribution in [3.8, 4) is 0 Å². The Labute approximate surface area is 149 Å². The fraction of sp³-hybridized carbons (Fsp3) is 0.176. The van der Waals surface area contributed by atoms with Gasteiger partial charge in [0, 0.05) is 30.2 Å². The largest absolute Gasteiger partial charge is 0.367 e. The van der Waals surface area contributed by atoms with Gasteiger partial charge in [-0.15, -0.1) is 10.2 Å². The fourth-order valence-corrected chi connectivity index (χ4v) is 2.73. The highest BCUT2D eigenvalue weighted by Gasteiger charge is 2.04. The van der Waals surface area contributed by atoms with E-state index in [2.05, 4.69) is 31.1 Å². The van der Waals surface area contributed by atoms with Crippen LogP contribution in [-0.4, -0.2) is 34.2 Å². The van der Waals surface area contributed by atoms with E-state index in [1.165, 1.54) is 11.3 Å². The molecule has 3 rings (SSSR count). The lowest BCUT2D eigenvalue weighted by molar-refractivity contribution is 0.0955. The van der Waals surface area contributed by atoms with Crippen LogP contribution < -0.4 is 16.0 Å². The number of anilines is 3. The summed E-state index contributed by atoms with van der Waals surface area (Å²) in [6.07, 6.45) is 1.74. The highest BCUT2D eigenvalue weighted by atomic mass is 32.1. The highest BCUT2D eigenvalue weighted by molar-refractivity contribution is 7.08. The number of aromatic nitrogens is 3. The fourth-order valence-electron chi connectivity index (χ4n) is 2.09. The van der Waals surface area contributed by atoms with Crippen LogP contribution in [0.15, 0.2) is 47.3 Å². The van der Waals surface area contributed by atoms with Crippen LogP contribution in [0.4, 0.5) is 17.5 Å². The number of carbonyl (C=O) groups is 1. The van der Waals surface area contributed by atoms with Gasteiger partial charge in [-0.2, -0.15) is 11.3 Å². The second-order valence-electron chi connectivity index (χ2n) is 5.34. The Bertz CT molecular complexity index is 819. The molecule has 0 radical (unpaired) electrons. The summed E-state index contributed by atoms with van der Waals surface area (Å²) in [5.41, 5.74) is 1.80. The van der Waals surface area contributed by atoms with Gasteiger partial charge >= 0.3 is 0 Å². The molecule has 7 nitrogen and oxygen atoms in total. The smallest absolute Gasteiger partial charge is 0.252 e. The summed E-state index contributed by atoms with van der Waals surface area (Å²) in [5.74, 6) is 1.92. The summed E-state index contributed by atoms with van der Waals surface area (Å²) in [5, 5.41) is 21.0. The van der Waals surface area contributed by atoms with E-state index in [0.29, 0.717) is 30.3 Å². The molecule has 128 valence electrons. The second kappa shape index (κ2) is 8.20. The molecular formula is C17H18N6OS. The maximum Gasteiger partial charge on any atom is 0.252 e. The van der Waals surface area contributed by atoms with Gasteiger partial charge in [-0.3, -0.25) is 4.79 Å². The highest BCUT2D eigenvalue weighted by Crippen LogP contribution is 2.13. The summed E-state index contributed by atoms with van der Waals surface area (Å²) in [6.45, 7) is 3.07. The molecule has 1 amide bonds. The van der Waals surface area contributed by atoms with Crippen molar-refractivity contribution in [3.63, 3.8) is 0 Å². The average molecular weight is 354 g/mol. The second-order valence-corrected chi connectivity index (χ2v) is 6.12. The number of aryl methyl sites for hydroxylation is 1. The summed E-state index contributed by atoms with van der Waals surface area (Å²) in [7, 11) is 0. The molecule has 0 aliphatic heterocycles. The molecule has 0 atom stereocenters. The van der Waals surface area contributed by atoms with Crippen LogP contribution in [0, 0.1) is 6.92 Å². The van der Waals surface area contributed by atoms with E-state index in [-0.39, 0.29) is 5.91 Å². The predicted octanol–water partition coefficient (Wildman–Crippen LogP) is 2.83. The normalized spacial score (nSPS) is 10.3. The van der Waals surface area contributed by atoms with E-state index in [4.69, 9.17) is 0 Å². The van der Waals surface area contributed by atoms with E-state index in [1.807, 2.05) is 41.9 Å².